The molecule has 3 aromatic rings. The Balaban J connectivity index is 1.78. The maximum absolute atomic E-state index is 12.7. The monoisotopic (exact) mass is 416 g/mol. The summed E-state index contributed by atoms with van der Waals surface area (Å²) in [5, 5.41) is 8.80. The fraction of sp³-hybridized carbons (Fsp3) is 0.190. The van der Waals surface area contributed by atoms with Gasteiger partial charge in [0.25, 0.3) is 11.8 Å². The van der Waals surface area contributed by atoms with Crippen LogP contribution in [0, 0.1) is 13.8 Å². The predicted octanol–water partition coefficient (Wildman–Crippen LogP) is 4.03. The van der Waals surface area contributed by atoms with Crippen LogP contribution in [-0.4, -0.2) is 34.3 Å². The number of hydrogen-bond acceptors (Lipinski definition) is 3. The van der Waals surface area contributed by atoms with E-state index < -0.39 is 24.5 Å². The van der Waals surface area contributed by atoms with Crippen molar-refractivity contribution < 1.29 is 22.8 Å². The first kappa shape index (κ1) is 21.1. The normalized spacial score (nSPS) is 11.2. The van der Waals surface area contributed by atoms with E-state index in [0.717, 1.165) is 11.4 Å². The Kier molecular flexibility index (Phi) is 5.91. The zero-order chi connectivity index (χ0) is 21.9. The second kappa shape index (κ2) is 8.40. The van der Waals surface area contributed by atoms with E-state index in [0.29, 0.717) is 11.3 Å². The van der Waals surface area contributed by atoms with Gasteiger partial charge in [0, 0.05) is 16.9 Å². The van der Waals surface area contributed by atoms with Crippen molar-refractivity contribution in [3.63, 3.8) is 0 Å². The van der Waals surface area contributed by atoms with Crippen molar-refractivity contribution in [3.05, 3.63) is 77.1 Å². The van der Waals surface area contributed by atoms with Gasteiger partial charge in [-0.1, -0.05) is 24.3 Å². The molecule has 6 nitrogen and oxygen atoms in total. The summed E-state index contributed by atoms with van der Waals surface area (Å²) < 4.78 is 38.6. The molecule has 2 amide bonds. The average molecular weight is 416 g/mol. The molecule has 0 saturated heterocycles. The molecule has 30 heavy (non-hydrogen) atoms. The van der Waals surface area contributed by atoms with E-state index in [-0.39, 0.29) is 11.3 Å². The molecule has 0 fully saturated rings. The van der Waals surface area contributed by atoms with Crippen molar-refractivity contribution in [2.75, 3.05) is 11.9 Å². The van der Waals surface area contributed by atoms with Crippen LogP contribution in [0.4, 0.5) is 18.9 Å². The minimum atomic E-state index is -4.51. The number of carbonyl (C=O) groups excluding carboxylic acids is 2. The van der Waals surface area contributed by atoms with E-state index in [1.807, 2.05) is 42.6 Å². The molecule has 0 aliphatic heterocycles. The Morgan fingerprint density at radius 2 is 1.70 bits per heavy atom. The van der Waals surface area contributed by atoms with Crippen LogP contribution >= 0.6 is 0 Å². The number of alkyl halides is 3. The third-order valence-corrected chi connectivity index (χ3v) is 4.32. The Hall–Kier alpha value is -3.62. The fourth-order valence-corrected chi connectivity index (χ4v) is 2.78. The zero-order valence-electron chi connectivity index (χ0n) is 16.2. The summed E-state index contributed by atoms with van der Waals surface area (Å²) in [7, 11) is 0. The van der Waals surface area contributed by atoms with Crippen LogP contribution in [0.15, 0.2) is 54.6 Å². The number of aromatic nitrogens is 2. The number of hydrogen-bond donors (Lipinski definition) is 2. The third kappa shape index (κ3) is 5.05. The second-order valence-corrected chi connectivity index (χ2v) is 6.70. The smallest absolute Gasteiger partial charge is 0.343 e. The molecule has 0 atom stereocenters. The maximum Gasteiger partial charge on any atom is 0.405 e. The highest BCUT2D eigenvalue weighted by Gasteiger charge is 2.28. The summed E-state index contributed by atoms with van der Waals surface area (Å²) in [4.78, 5) is 24.6. The van der Waals surface area contributed by atoms with Crippen LogP contribution in [0.3, 0.4) is 0 Å². The van der Waals surface area contributed by atoms with Crippen LogP contribution in [0.5, 0.6) is 0 Å². The van der Waals surface area contributed by atoms with Crippen molar-refractivity contribution in [2.24, 2.45) is 0 Å². The molecule has 9 heteroatoms. The summed E-state index contributed by atoms with van der Waals surface area (Å²) >= 11 is 0. The van der Waals surface area contributed by atoms with Crippen LogP contribution in [0.1, 0.15) is 32.1 Å². The molecule has 0 radical (unpaired) electrons. The van der Waals surface area contributed by atoms with E-state index in [1.165, 1.54) is 12.1 Å². The van der Waals surface area contributed by atoms with E-state index in [2.05, 4.69) is 10.4 Å². The largest absolute Gasteiger partial charge is 0.405 e. The lowest BCUT2D eigenvalue weighted by Crippen LogP contribution is -2.33. The van der Waals surface area contributed by atoms with Crippen molar-refractivity contribution in [1.82, 2.24) is 15.1 Å². The highest BCUT2D eigenvalue weighted by atomic mass is 19.4. The molecule has 0 aliphatic rings. The first-order valence-corrected chi connectivity index (χ1v) is 9.03. The van der Waals surface area contributed by atoms with Gasteiger partial charge < -0.3 is 10.6 Å². The number of amides is 2. The van der Waals surface area contributed by atoms with Gasteiger partial charge in [0.1, 0.15) is 6.54 Å². The molecule has 0 bridgehead atoms. The number of rotatable bonds is 5. The Morgan fingerprint density at radius 1 is 1.00 bits per heavy atom. The molecule has 0 saturated carbocycles. The average Bonchev–Trinajstić information content (AvgIpc) is 3.09. The van der Waals surface area contributed by atoms with E-state index in [9.17, 15) is 22.8 Å². The van der Waals surface area contributed by atoms with Gasteiger partial charge in [0.15, 0.2) is 5.69 Å². The number of benzene rings is 2. The van der Waals surface area contributed by atoms with E-state index in [4.69, 9.17) is 0 Å². The van der Waals surface area contributed by atoms with Gasteiger partial charge in [0.2, 0.25) is 0 Å². The number of anilines is 1. The minimum absolute atomic E-state index is 0.00569. The van der Waals surface area contributed by atoms with Gasteiger partial charge in [-0.05, 0) is 49.7 Å². The molecule has 1 aromatic heterocycles. The minimum Gasteiger partial charge on any atom is -0.343 e. The summed E-state index contributed by atoms with van der Waals surface area (Å²) in [5.74, 6) is -1.38. The van der Waals surface area contributed by atoms with Crippen LogP contribution < -0.4 is 10.6 Å². The number of para-hydroxylation sites is 1. The molecule has 0 unspecified atom stereocenters. The van der Waals surface area contributed by atoms with Crippen molar-refractivity contribution in [2.45, 2.75) is 20.0 Å². The summed E-state index contributed by atoms with van der Waals surface area (Å²) in [6, 6.07) is 15.2. The maximum atomic E-state index is 12.7. The van der Waals surface area contributed by atoms with Crippen LogP contribution in [0.2, 0.25) is 0 Å². The number of aryl methyl sites for hydroxylation is 2. The first-order valence-electron chi connectivity index (χ1n) is 9.03. The summed E-state index contributed by atoms with van der Waals surface area (Å²) in [6.07, 6.45) is -4.51. The highest BCUT2D eigenvalue weighted by molar-refractivity contribution is 6.04. The van der Waals surface area contributed by atoms with E-state index >= 15 is 0 Å². The van der Waals surface area contributed by atoms with Gasteiger partial charge in [-0.3, -0.25) is 9.59 Å². The number of carbonyl (C=O) groups is 2. The molecule has 0 spiro atoms. The SMILES string of the molecule is Cc1ccc(C(=O)NCC(F)(F)F)cc1NC(=O)c1cc(C)n(-c2ccccc2)n1. The lowest BCUT2D eigenvalue weighted by molar-refractivity contribution is -0.123. The second-order valence-electron chi connectivity index (χ2n) is 6.70. The molecule has 3 rings (SSSR count). The van der Waals surface area contributed by atoms with Crippen molar-refractivity contribution >= 4 is 17.5 Å². The summed E-state index contributed by atoms with van der Waals surface area (Å²) in [6.45, 7) is 2.09. The Bertz CT molecular complexity index is 1080. The standard InChI is InChI=1S/C21H19F3N4O2/c1-13-8-9-15(19(29)25-12-21(22,23)24)11-17(13)26-20(30)18-10-14(2)28(27-18)16-6-4-3-5-7-16/h3-11H,12H2,1-2H3,(H,25,29)(H,26,30). The third-order valence-electron chi connectivity index (χ3n) is 4.32. The molecule has 2 aromatic carbocycles. The van der Waals surface area contributed by atoms with Gasteiger partial charge in [0.05, 0.1) is 5.69 Å². The molecule has 2 N–H and O–H groups in total. The number of nitrogens with one attached hydrogen (secondary N) is 2. The Labute approximate surface area is 170 Å². The van der Waals surface area contributed by atoms with Crippen LogP contribution in [-0.2, 0) is 0 Å². The fourth-order valence-electron chi connectivity index (χ4n) is 2.78. The molecule has 1 heterocycles. The van der Waals surface area contributed by atoms with Crippen molar-refractivity contribution in [1.29, 1.82) is 0 Å². The van der Waals surface area contributed by atoms with Crippen LogP contribution in [0.25, 0.3) is 5.69 Å². The van der Waals surface area contributed by atoms with Gasteiger partial charge >= 0.3 is 6.18 Å². The lowest BCUT2D eigenvalue weighted by atomic mass is 10.1. The molecule has 0 aliphatic carbocycles. The summed E-state index contributed by atoms with van der Waals surface area (Å²) in [5.41, 5.74) is 2.69. The van der Waals surface area contributed by atoms with Gasteiger partial charge in [-0.2, -0.15) is 18.3 Å². The van der Waals surface area contributed by atoms with Gasteiger partial charge in [-0.15, -0.1) is 0 Å². The first-order chi connectivity index (χ1) is 14.1. The Morgan fingerprint density at radius 3 is 2.37 bits per heavy atom. The quantitative estimate of drug-likeness (QED) is 0.659. The highest BCUT2D eigenvalue weighted by Crippen LogP contribution is 2.20. The number of halogens is 3. The van der Waals surface area contributed by atoms with Crippen molar-refractivity contribution in [3.8, 4) is 5.69 Å². The molecular formula is C21H19F3N4O2. The lowest BCUT2D eigenvalue weighted by Gasteiger charge is -2.11. The van der Waals surface area contributed by atoms with E-state index in [1.54, 1.807) is 23.7 Å². The van der Waals surface area contributed by atoms with Gasteiger partial charge in [-0.25, -0.2) is 4.68 Å². The zero-order valence-corrected chi connectivity index (χ0v) is 16.2. The molecule has 156 valence electrons. The topological polar surface area (TPSA) is 76.0 Å². The number of nitrogens with zero attached hydrogens (tertiary/aromatic N) is 2. The molecular weight excluding hydrogens is 397 g/mol. The predicted molar refractivity (Wildman–Crippen MR) is 106 cm³/mol.